The van der Waals surface area contributed by atoms with E-state index in [1.54, 1.807) is 11.5 Å². The van der Waals surface area contributed by atoms with Crippen LogP contribution in [0.4, 0.5) is 0 Å². The Labute approximate surface area is 101 Å². The van der Waals surface area contributed by atoms with Crippen LogP contribution in [0.25, 0.3) is 0 Å². The van der Waals surface area contributed by atoms with E-state index in [1.165, 1.54) is 6.26 Å². The monoisotopic (exact) mass is 263 g/mol. The zero-order valence-electron chi connectivity index (χ0n) is 9.89. The molecule has 0 saturated carbocycles. The van der Waals surface area contributed by atoms with Crippen LogP contribution in [0.1, 0.15) is 31.8 Å². The average molecular weight is 263 g/mol. The quantitative estimate of drug-likeness (QED) is 0.840. The van der Waals surface area contributed by atoms with Gasteiger partial charge in [0.2, 0.25) is 0 Å². The molecule has 1 heterocycles. The summed E-state index contributed by atoms with van der Waals surface area (Å²) in [6, 6.07) is 0. The molecule has 0 spiro atoms. The first-order valence-electron chi connectivity index (χ1n) is 5.07. The molecule has 1 rings (SSSR count). The molecule has 1 N–H and O–H groups in total. The number of nitrogens with one attached hydrogen (secondary N) is 1. The molecule has 0 saturated heterocycles. The number of nitrogens with zero attached hydrogens (tertiary/aromatic N) is 2. The van der Waals surface area contributed by atoms with Gasteiger partial charge >= 0.3 is 0 Å². The van der Waals surface area contributed by atoms with Gasteiger partial charge in [-0.2, -0.15) is 5.10 Å². The van der Waals surface area contributed by atoms with Crippen molar-refractivity contribution in [3.05, 3.63) is 10.6 Å². The molecule has 5 nitrogen and oxygen atoms in total. The highest BCUT2D eigenvalue weighted by atomic mass is 32.2. The largest absolute Gasteiger partial charge is 0.303 e. The Hall–Kier alpha value is -0.690. The van der Waals surface area contributed by atoms with Gasteiger partial charge in [-0.3, -0.25) is 5.10 Å². The predicted molar refractivity (Wildman–Crippen MR) is 65.5 cm³/mol. The molecule has 1 aromatic heterocycles. The highest BCUT2D eigenvalue weighted by molar-refractivity contribution is 7.90. The van der Waals surface area contributed by atoms with E-state index in [1.807, 2.05) is 13.8 Å². The Kier molecular flexibility index (Phi) is 3.90. The second-order valence-electron chi connectivity index (χ2n) is 4.36. The van der Waals surface area contributed by atoms with Crippen molar-refractivity contribution in [2.45, 2.75) is 32.6 Å². The molecule has 0 radical (unpaired) electrons. The van der Waals surface area contributed by atoms with Crippen LogP contribution in [-0.4, -0.2) is 29.4 Å². The van der Waals surface area contributed by atoms with E-state index in [-0.39, 0.29) is 0 Å². The summed E-state index contributed by atoms with van der Waals surface area (Å²) in [6.45, 7) is 6.38. The van der Waals surface area contributed by atoms with Gasteiger partial charge in [-0.15, -0.1) is 0 Å². The Morgan fingerprint density at radius 3 is 2.44 bits per heavy atom. The van der Waals surface area contributed by atoms with Crippen molar-refractivity contribution in [3.63, 3.8) is 0 Å². The number of rotatable bonds is 4. The minimum absolute atomic E-state index is 0.384. The lowest BCUT2D eigenvalue weighted by Crippen LogP contribution is -2.16. The van der Waals surface area contributed by atoms with Crippen molar-refractivity contribution < 1.29 is 8.42 Å². The standard InChI is InChI=1S/C9H17N3O2S2/c1-6(2)5-12-8(10-11-9(12)15)7(3)16(4,13)14/h6-7H,5H2,1-4H3,(H,11,15). The molecular formula is C9H17N3O2S2. The van der Waals surface area contributed by atoms with E-state index in [0.717, 1.165) is 0 Å². The van der Waals surface area contributed by atoms with Gasteiger partial charge in [0, 0.05) is 12.8 Å². The minimum Gasteiger partial charge on any atom is -0.303 e. The van der Waals surface area contributed by atoms with Crippen LogP contribution < -0.4 is 0 Å². The molecule has 0 aromatic carbocycles. The molecule has 0 amide bonds. The van der Waals surface area contributed by atoms with Gasteiger partial charge in [-0.05, 0) is 25.1 Å². The van der Waals surface area contributed by atoms with Crippen molar-refractivity contribution in [1.29, 1.82) is 0 Å². The number of hydrogen-bond donors (Lipinski definition) is 1. The van der Waals surface area contributed by atoms with E-state index < -0.39 is 15.1 Å². The van der Waals surface area contributed by atoms with Gasteiger partial charge < -0.3 is 4.57 Å². The summed E-state index contributed by atoms with van der Waals surface area (Å²) >= 11 is 5.08. The first-order chi connectivity index (χ1) is 7.23. The van der Waals surface area contributed by atoms with Crippen molar-refractivity contribution in [1.82, 2.24) is 14.8 Å². The van der Waals surface area contributed by atoms with Gasteiger partial charge in [0.1, 0.15) is 11.1 Å². The molecule has 16 heavy (non-hydrogen) atoms. The second-order valence-corrected chi connectivity index (χ2v) is 7.12. The lowest BCUT2D eigenvalue weighted by molar-refractivity contribution is 0.499. The number of H-pyrrole nitrogens is 1. The summed E-state index contributed by atoms with van der Waals surface area (Å²) < 4.78 is 25.2. The van der Waals surface area contributed by atoms with Crippen LogP contribution in [0.3, 0.4) is 0 Å². The van der Waals surface area contributed by atoms with Crippen LogP contribution in [-0.2, 0) is 16.4 Å². The summed E-state index contributed by atoms with van der Waals surface area (Å²) in [5.41, 5.74) is 0. The third kappa shape index (κ3) is 2.91. The van der Waals surface area contributed by atoms with E-state index in [9.17, 15) is 8.42 Å². The SMILES string of the molecule is CC(C)Cn1c(C(C)S(C)(=O)=O)n[nH]c1=S. The van der Waals surface area contributed by atoms with Crippen molar-refractivity contribution >= 4 is 22.1 Å². The van der Waals surface area contributed by atoms with Crippen molar-refractivity contribution in [2.24, 2.45) is 5.92 Å². The van der Waals surface area contributed by atoms with Gasteiger partial charge in [-0.25, -0.2) is 8.42 Å². The fourth-order valence-electron chi connectivity index (χ4n) is 1.37. The summed E-state index contributed by atoms with van der Waals surface area (Å²) in [4.78, 5) is 0. The van der Waals surface area contributed by atoms with Crippen LogP contribution in [0.15, 0.2) is 0 Å². The first-order valence-corrected chi connectivity index (χ1v) is 7.43. The van der Waals surface area contributed by atoms with Crippen LogP contribution >= 0.6 is 12.2 Å². The average Bonchev–Trinajstić information content (AvgIpc) is 2.45. The Morgan fingerprint density at radius 2 is 2.00 bits per heavy atom. The molecule has 92 valence electrons. The lowest BCUT2D eigenvalue weighted by Gasteiger charge is -2.13. The Balaban J connectivity index is 3.20. The molecule has 0 fully saturated rings. The molecule has 0 aliphatic rings. The molecule has 0 aliphatic heterocycles. The Morgan fingerprint density at radius 1 is 1.44 bits per heavy atom. The molecule has 0 bridgehead atoms. The molecule has 1 unspecified atom stereocenters. The predicted octanol–water partition coefficient (Wildman–Crippen LogP) is 1.70. The highest BCUT2D eigenvalue weighted by Gasteiger charge is 2.23. The zero-order chi connectivity index (χ0) is 12.5. The van der Waals surface area contributed by atoms with E-state index in [4.69, 9.17) is 12.2 Å². The normalized spacial score (nSPS) is 14.3. The number of sulfone groups is 1. The van der Waals surface area contributed by atoms with Crippen molar-refractivity contribution in [2.75, 3.05) is 6.26 Å². The Bertz CT molecular complexity index is 513. The summed E-state index contributed by atoms with van der Waals surface area (Å²) in [5.74, 6) is 0.871. The molecule has 0 aliphatic carbocycles. The van der Waals surface area contributed by atoms with Gasteiger partial charge in [-0.1, -0.05) is 13.8 Å². The van der Waals surface area contributed by atoms with E-state index in [2.05, 4.69) is 10.2 Å². The summed E-state index contributed by atoms with van der Waals surface area (Å²) in [6.07, 6.45) is 1.20. The lowest BCUT2D eigenvalue weighted by atomic mass is 10.2. The smallest absolute Gasteiger partial charge is 0.195 e. The highest BCUT2D eigenvalue weighted by Crippen LogP contribution is 2.19. The minimum atomic E-state index is -3.15. The second kappa shape index (κ2) is 4.67. The first kappa shape index (κ1) is 13.4. The summed E-state index contributed by atoms with van der Waals surface area (Å²) in [5, 5.41) is 6.01. The topological polar surface area (TPSA) is 67.8 Å². The maximum absolute atomic E-state index is 11.5. The van der Waals surface area contributed by atoms with E-state index >= 15 is 0 Å². The number of aromatic nitrogens is 3. The third-order valence-electron chi connectivity index (χ3n) is 2.34. The van der Waals surface area contributed by atoms with Crippen LogP contribution in [0, 0.1) is 10.7 Å². The van der Waals surface area contributed by atoms with Crippen LogP contribution in [0.5, 0.6) is 0 Å². The molecule has 7 heteroatoms. The number of aromatic amines is 1. The third-order valence-corrected chi connectivity index (χ3v) is 4.15. The number of hydrogen-bond acceptors (Lipinski definition) is 4. The maximum Gasteiger partial charge on any atom is 0.195 e. The molecular weight excluding hydrogens is 246 g/mol. The molecule has 1 aromatic rings. The van der Waals surface area contributed by atoms with Gasteiger partial charge in [0.15, 0.2) is 14.6 Å². The van der Waals surface area contributed by atoms with E-state index in [0.29, 0.717) is 23.1 Å². The van der Waals surface area contributed by atoms with Crippen LogP contribution in [0.2, 0.25) is 0 Å². The summed E-state index contributed by atoms with van der Waals surface area (Å²) in [7, 11) is -3.15. The fourth-order valence-corrected chi connectivity index (χ4v) is 2.15. The molecule has 1 atom stereocenters. The van der Waals surface area contributed by atoms with Crippen molar-refractivity contribution in [3.8, 4) is 0 Å². The maximum atomic E-state index is 11.5. The fraction of sp³-hybridized carbons (Fsp3) is 0.778. The van der Waals surface area contributed by atoms with Gasteiger partial charge in [0.25, 0.3) is 0 Å². The zero-order valence-corrected chi connectivity index (χ0v) is 11.5. The van der Waals surface area contributed by atoms with Gasteiger partial charge in [0.05, 0.1) is 0 Å².